The van der Waals surface area contributed by atoms with Gasteiger partial charge in [0.05, 0.1) is 32.7 Å². The first kappa shape index (κ1) is 20.3. The summed E-state index contributed by atoms with van der Waals surface area (Å²) in [6, 6.07) is 14.3. The van der Waals surface area contributed by atoms with Crippen LogP contribution in [0.5, 0.6) is 17.2 Å². The van der Waals surface area contributed by atoms with Crippen LogP contribution in [0.4, 0.5) is 0 Å². The van der Waals surface area contributed by atoms with E-state index in [9.17, 15) is 0 Å². The molecule has 0 fully saturated rings. The van der Waals surface area contributed by atoms with Gasteiger partial charge in [0, 0.05) is 35.8 Å². The van der Waals surface area contributed by atoms with Gasteiger partial charge in [-0.1, -0.05) is 36.4 Å². The predicted molar refractivity (Wildman–Crippen MR) is 120 cm³/mol. The molecule has 4 rings (SSSR count). The van der Waals surface area contributed by atoms with Crippen molar-refractivity contribution < 1.29 is 14.2 Å². The fourth-order valence-electron chi connectivity index (χ4n) is 3.70. The summed E-state index contributed by atoms with van der Waals surface area (Å²) in [5.41, 5.74) is 4.35. The number of methoxy groups -OCH3 is 3. The lowest BCUT2D eigenvalue weighted by Gasteiger charge is -2.21. The second-order valence-electron chi connectivity index (χ2n) is 6.99. The van der Waals surface area contributed by atoms with E-state index in [1.165, 1.54) is 5.69 Å². The van der Waals surface area contributed by atoms with E-state index >= 15 is 0 Å². The smallest absolute Gasteiger partial charge is 0.203 e. The van der Waals surface area contributed by atoms with E-state index in [0.29, 0.717) is 23.8 Å². The number of imidazole rings is 1. The molecule has 0 saturated heterocycles. The minimum absolute atomic E-state index is 0.612. The zero-order valence-corrected chi connectivity index (χ0v) is 18.4. The van der Waals surface area contributed by atoms with Crippen LogP contribution in [0.25, 0.3) is 16.2 Å². The van der Waals surface area contributed by atoms with E-state index in [1.807, 2.05) is 30.3 Å². The molecule has 0 aliphatic rings. The van der Waals surface area contributed by atoms with E-state index in [2.05, 4.69) is 40.1 Å². The van der Waals surface area contributed by atoms with Gasteiger partial charge >= 0.3 is 0 Å². The van der Waals surface area contributed by atoms with E-state index in [0.717, 1.165) is 28.3 Å². The summed E-state index contributed by atoms with van der Waals surface area (Å²) >= 11 is 1.65. The van der Waals surface area contributed by atoms with Gasteiger partial charge in [-0.2, -0.15) is 0 Å². The molecule has 7 heteroatoms. The molecular weight excluding hydrogens is 398 g/mol. The van der Waals surface area contributed by atoms with Crippen LogP contribution in [0.3, 0.4) is 0 Å². The Morgan fingerprint density at radius 1 is 0.933 bits per heavy atom. The fraction of sp³-hybridized carbons (Fsp3) is 0.261. The highest BCUT2D eigenvalue weighted by molar-refractivity contribution is 7.15. The maximum Gasteiger partial charge on any atom is 0.203 e. The third kappa shape index (κ3) is 3.74. The SMILES string of the molecule is COc1ccc(CN(C)Cc2c(-c3ccccc3)nc3sccn23)c(OC)c1OC. The Hall–Kier alpha value is -3.03. The number of nitrogens with zero attached hydrogens (tertiary/aromatic N) is 3. The molecular formula is C23H25N3O3S. The summed E-state index contributed by atoms with van der Waals surface area (Å²) < 4.78 is 18.8. The summed E-state index contributed by atoms with van der Waals surface area (Å²) in [6.45, 7) is 1.43. The van der Waals surface area contributed by atoms with Crippen molar-refractivity contribution in [1.82, 2.24) is 14.3 Å². The van der Waals surface area contributed by atoms with Crippen LogP contribution < -0.4 is 14.2 Å². The van der Waals surface area contributed by atoms with Crippen LogP contribution in [0, 0.1) is 0 Å². The normalized spacial score (nSPS) is 11.2. The molecule has 2 aromatic heterocycles. The zero-order valence-electron chi connectivity index (χ0n) is 17.6. The molecule has 0 unspecified atom stereocenters. The van der Waals surface area contributed by atoms with Crippen LogP contribution in [-0.2, 0) is 13.1 Å². The minimum atomic E-state index is 0.612. The Labute approximate surface area is 180 Å². The lowest BCUT2D eigenvalue weighted by Crippen LogP contribution is -2.19. The molecule has 6 nitrogen and oxygen atoms in total. The molecule has 30 heavy (non-hydrogen) atoms. The quantitative estimate of drug-likeness (QED) is 0.410. The highest BCUT2D eigenvalue weighted by Gasteiger charge is 2.20. The average molecular weight is 424 g/mol. The van der Waals surface area contributed by atoms with Crippen molar-refractivity contribution in [3.8, 4) is 28.5 Å². The lowest BCUT2D eigenvalue weighted by atomic mass is 10.1. The Bertz CT molecular complexity index is 1140. The molecule has 2 aromatic carbocycles. The summed E-state index contributed by atoms with van der Waals surface area (Å²) in [5, 5.41) is 2.07. The number of aromatic nitrogens is 2. The second kappa shape index (κ2) is 8.77. The Kier molecular flexibility index (Phi) is 5.92. The second-order valence-corrected chi connectivity index (χ2v) is 7.87. The summed E-state index contributed by atoms with van der Waals surface area (Å²) in [5.74, 6) is 1.96. The first-order valence-electron chi connectivity index (χ1n) is 9.62. The van der Waals surface area contributed by atoms with Crippen molar-refractivity contribution in [1.29, 1.82) is 0 Å². The van der Waals surface area contributed by atoms with Crippen molar-refractivity contribution >= 4 is 16.3 Å². The van der Waals surface area contributed by atoms with Gasteiger partial charge in [-0.05, 0) is 13.1 Å². The van der Waals surface area contributed by atoms with Crippen LogP contribution in [0.15, 0.2) is 54.0 Å². The van der Waals surface area contributed by atoms with E-state index < -0.39 is 0 Å². The van der Waals surface area contributed by atoms with Crippen LogP contribution in [-0.4, -0.2) is 42.7 Å². The number of fused-ring (bicyclic) bond motifs is 1. The lowest BCUT2D eigenvalue weighted by molar-refractivity contribution is 0.294. The highest BCUT2D eigenvalue weighted by Crippen LogP contribution is 2.40. The summed E-state index contributed by atoms with van der Waals surface area (Å²) in [4.78, 5) is 8.13. The predicted octanol–water partition coefficient (Wildman–Crippen LogP) is 4.72. The average Bonchev–Trinajstić information content (AvgIpc) is 3.36. The van der Waals surface area contributed by atoms with Gasteiger partial charge in [-0.25, -0.2) is 4.98 Å². The van der Waals surface area contributed by atoms with Crippen molar-refractivity contribution in [2.24, 2.45) is 0 Å². The molecule has 0 bridgehead atoms. The van der Waals surface area contributed by atoms with Crippen LogP contribution in [0.1, 0.15) is 11.3 Å². The van der Waals surface area contributed by atoms with Gasteiger partial charge in [0.1, 0.15) is 0 Å². The van der Waals surface area contributed by atoms with Crippen LogP contribution >= 0.6 is 11.3 Å². The van der Waals surface area contributed by atoms with Gasteiger partial charge in [-0.15, -0.1) is 11.3 Å². The third-order valence-electron chi connectivity index (χ3n) is 5.05. The number of rotatable bonds is 8. The molecule has 0 aliphatic carbocycles. The number of ether oxygens (including phenoxy) is 3. The Balaban J connectivity index is 1.65. The highest BCUT2D eigenvalue weighted by atomic mass is 32.1. The Morgan fingerprint density at radius 2 is 1.70 bits per heavy atom. The molecule has 0 saturated carbocycles. The number of hydrogen-bond acceptors (Lipinski definition) is 6. The van der Waals surface area contributed by atoms with Gasteiger partial charge in [0.15, 0.2) is 16.5 Å². The zero-order chi connectivity index (χ0) is 21.1. The number of benzene rings is 2. The maximum atomic E-state index is 5.65. The molecule has 0 radical (unpaired) electrons. The maximum absolute atomic E-state index is 5.65. The van der Waals surface area contributed by atoms with Crippen LogP contribution in [0.2, 0.25) is 0 Å². The first-order chi connectivity index (χ1) is 14.7. The van der Waals surface area contributed by atoms with Gasteiger partial charge < -0.3 is 14.2 Å². The van der Waals surface area contributed by atoms with E-state index in [-0.39, 0.29) is 0 Å². The molecule has 0 aliphatic heterocycles. The van der Waals surface area contributed by atoms with Crippen molar-refractivity contribution in [2.75, 3.05) is 28.4 Å². The fourth-order valence-corrected chi connectivity index (χ4v) is 4.43. The molecule has 0 amide bonds. The molecule has 4 aromatic rings. The monoisotopic (exact) mass is 423 g/mol. The number of hydrogen-bond donors (Lipinski definition) is 0. The minimum Gasteiger partial charge on any atom is -0.493 e. The molecule has 2 heterocycles. The van der Waals surface area contributed by atoms with Crippen molar-refractivity contribution in [3.63, 3.8) is 0 Å². The summed E-state index contributed by atoms with van der Waals surface area (Å²) in [6.07, 6.45) is 2.08. The third-order valence-corrected chi connectivity index (χ3v) is 5.81. The van der Waals surface area contributed by atoms with Gasteiger partial charge in [0.2, 0.25) is 5.75 Å². The molecule has 0 atom stereocenters. The standard InChI is InChI=1S/C23H25N3O3S/c1-25(14-17-10-11-19(27-2)22(29-4)21(17)28-3)15-18-20(16-8-6-5-7-9-16)24-23-26(18)12-13-30-23/h5-13H,14-15H2,1-4H3. The Morgan fingerprint density at radius 3 is 2.40 bits per heavy atom. The van der Waals surface area contributed by atoms with Gasteiger partial charge in [-0.3, -0.25) is 9.30 Å². The van der Waals surface area contributed by atoms with Crippen molar-refractivity contribution in [2.45, 2.75) is 13.1 Å². The summed E-state index contributed by atoms with van der Waals surface area (Å²) in [7, 11) is 7.00. The van der Waals surface area contributed by atoms with E-state index in [1.54, 1.807) is 32.7 Å². The molecule has 156 valence electrons. The van der Waals surface area contributed by atoms with Gasteiger partial charge in [0.25, 0.3) is 0 Å². The largest absolute Gasteiger partial charge is 0.493 e. The van der Waals surface area contributed by atoms with Crippen molar-refractivity contribution in [3.05, 3.63) is 65.3 Å². The topological polar surface area (TPSA) is 48.2 Å². The molecule has 0 N–H and O–H groups in total. The molecule has 0 spiro atoms. The number of thiazole rings is 1. The van der Waals surface area contributed by atoms with E-state index in [4.69, 9.17) is 19.2 Å². The first-order valence-corrected chi connectivity index (χ1v) is 10.5.